The van der Waals surface area contributed by atoms with Gasteiger partial charge in [-0.2, -0.15) is 4.57 Å². The number of pyridine rings is 1. The summed E-state index contributed by atoms with van der Waals surface area (Å²) in [6.07, 6.45) is 2.13. The predicted molar refractivity (Wildman–Crippen MR) is 75.3 cm³/mol. The topological polar surface area (TPSA) is 3.88 Å². The fourth-order valence-electron chi connectivity index (χ4n) is 2.36. The molecule has 0 fully saturated rings. The number of aryl methyl sites for hydroxylation is 1. The van der Waals surface area contributed by atoms with Crippen LogP contribution in [0.4, 0.5) is 0 Å². The highest BCUT2D eigenvalue weighted by Gasteiger charge is 2.10. The van der Waals surface area contributed by atoms with Crippen LogP contribution in [0.25, 0.3) is 22.0 Å². The Morgan fingerprint density at radius 2 is 1.58 bits per heavy atom. The van der Waals surface area contributed by atoms with E-state index in [1.165, 1.54) is 22.0 Å². The molecule has 0 N–H and O–H groups in total. The zero-order valence-electron chi connectivity index (χ0n) is 10.9. The second kappa shape index (κ2) is 6.15. The van der Waals surface area contributed by atoms with Crippen LogP contribution in [0, 0.1) is 0 Å². The third-order valence-electron chi connectivity index (χ3n) is 3.33. The van der Waals surface area contributed by atoms with Crippen LogP contribution < -0.4 is 28.5 Å². The Morgan fingerprint density at radius 3 is 2.37 bits per heavy atom. The van der Waals surface area contributed by atoms with E-state index in [1.807, 2.05) is 0 Å². The number of hydrogen-bond acceptors (Lipinski definition) is 0. The van der Waals surface area contributed by atoms with E-state index in [-0.39, 0.29) is 24.0 Å². The zero-order valence-corrected chi connectivity index (χ0v) is 13.0. The molecule has 0 amide bonds. The van der Waals surface area contributed by atoms with E-state index in [9.17, 15) is 0 Å². The SMILES string of the molecule is CC[n+]1ccccc1-c1ccc2ccccc2c1.[I-]. The van der Waals surface area contributed by atoms with E-state index in [4.69, 9.17) is 0 Å². The summed E-state index contributed by atoms with van der Waals surface area (Å²) in [5, 5.41) is 2.58. The molecule has 0 unspecified atom stereocenters. The quantitative estimate of drug-likeness (QED) is 0.470. The molecule has 1 nitrogen and oxygen atoms in total. The van der Waals surface area contributed by atoms with Crippen molar-refractivity contribution in [1.29, 1.82) is 0 Å². The third-order valence-corrected chi connectivity index (χ3v) is 3.33. The molecule has 96 valence electrons. The summed E-state index contributed by atoms with van der Waals surface area (Å²) in [4.78, 5) is 0. The summed E-state index contributed by atoms with van der Waals surface area (Å²) in [5.41, 5.74) is 2.54. The molecule has 2 heteroatoms. The van der Waals surface area contributed by atoms with Gasteiger partial charge >= 0.3 is 0 Å². The maximum absolute atomic E-state index is 2.27. The molecule has 0 atom stereocenters. The van der Waals surface area contributed by atoms with E-state index in [0.29, 0.717) is 0 Å². The molecular formula is C17H16IN. The summed E-state index contributed by atoms with van der Waals surface area (Å²) in [6.45, 7) is 3.16. The Bertz CT molecular complexity index is 691. The second-order valence-corrected chi connectivity index (χ2v) is 4.43. The van der Waals surface area contributed by atoms with Gasteiger partial charge in [-0.1, -0.05) is 30.3 Å². The average molecular weight is 361 g/mol. The molecule has 1 heterocycles. The van der Waals surface area contributed by atoms with Crippen LogP contribution in [-0.2, 0) is 6.54 Å². The number of hydrogen-bond donors (Lipinski definition) is 0. The molecule has 0 aliphatic carbocycles. The van der Waals surface area contributed by atoms with Gasteiger partial charge in [0.2, 0.25) is 5.69 Å². The average Bonchev–Trinajstić information content (AvgIpc) is 2.46. The minimum Gasteiger partial charge on any atom is -1.00 e. The normalized spacial score (nSPS) is 10.2. The maximum Gasteiger partial charge on any atom is 0.212 e. The first-order valence-electron chi connectivity index (χ1n) is 6.36. The van der Waals surface area contributed by atoms with Crippen molar-refractivity contribution >= 4 is 10.8 Å². The van der Waals surface area contributed by atoms with Crippen molar-refractivity contribution in [3.8, 4) is 11.3 Å². The van der Waals surface area contributed by atoms with E-state index in [2.05, 4.69) is 78.4 Å². The van der Waals surface area contributed by atoms with Gasteiger partial charge in [0.05, 0.1) is 0 Å². The number of aromatic nitrogens is 1. The molecule has 2 aromatic carbocycles. The maximum atomic E-state index is 2.27. The minimum absolute atomic E-state index is 0. The van der Waals surface area contributed by atoms with E-state index < -0.39 is 0 Å². The number of rotatable bonds is 2. The molecule has 0 bridgehead atoms. The van der Waals surface area contributed by atoms with Gasteiger partial charge in [0.15, 0.2) is 6.20 Å². The van der Waals surface area contributed by atoms with Crippen LogP contribution in [0.15, 0.2) is 66.9 Å². The van der Waals surface area contributed by atoms with Crippen molar-refractivity contribution in [3.05, 3.63) is 66.9 Å². The van der Waals surface area contributed by atoms with Crippen LogP contribution in [0.1, 0.15) is 6.92 Å². The first kappa shape index (κ1) is 14.0. The number of benzene rings is 2. The fourth-order valence-corrected chi connectivity index (χ4v) is 2.36. The highest BCUT2D eigenvalue weighted by Crippen LogP contribution is 2.21. The number of nitrogens with zero attached hydrogens (tertiary/aromatic N) is 1. The lowest BCUT2D eigenvalue weighted by Gasteiger charge is -2.03. The second-order valence-electron chi connectivity index (χ2n) is 4.43. The van der Waals surface area contributed by atoms with Crippen LogP contribution in [0.5, 0.6) is 0 Å². The Morgan fingerprint density at radius 1 is 0.842 bits per heavy atom. The summed E-state index contributed by atoms with van der Waals surface area (Å²) in [5.74, 6) is 0. The summed E-state index contributed by atoms with van der Waals surface area (Å²) < 4.78 is 2.27. The Hall–Kier alpha value is -1.42. The highest BCUT2D eigenvalue weighted by atomic mass is 127. The van der Waals surface area contributed by atoms with Gasteiger partial charge in [-0.15, -0.1) is 0 Å². The zero-order chi connectivity index (χ0) is 12.4. The van der Waals surface area contributed by atoms with Gasteiger partial charge in [-0.3, -0.25) is 0 Å². The molecule has 0 aliphatic rings. The molecule has 0 radical (unpaired) electrons. The minimum atomic E-state index is 0. The molecule has 3 rings (SSSR count). The standard InChI is InChI=1S/C17H16N.HI/c1-2-18-12-6-5-9-17(18)16-11-10-14-7-3-4-8-15(14)13-16;/h3-13H,2H2,1H3;1H/q+1;/p-1. The van der Waals surface area contributed by atoms with Crippen molar-refractivity contribution in [2.45, 2.75) is 13.5 Å². The Labute approximate surface area is 130 Å². The Kier molecular flexibility index (Phi) is 4.53. The molecule has 3 aromatic rings. The molecule has 0 spiro atoms. The summed E-state index contributed by atoms with van der Waals surface area (Å²) in [6, 6.07) is 21.5. The fraction of sp³-hybridized carbons (Fsp3) is 0.118. The lowest BCUT2D eigenvalue weighted by molar-refractivity contribution is -0.682. The van der Waals surface area contributed by atoms with Crippen molar-refractivity contribution in [2.75, 3.05) is 0 Å². The van der Waals surface area contributed by atoms with Crippen LogP contribution in [0.2, 0.25) is 0 Å². The summed E-state index contributed by atoms with van der Waals surface area (Å²) in [7, 11) is 0. The molecular weight excluding hydrogens is 345 g/mol. The van der Waals surface area contributed by atoms with E-state index in [0.717, 1.165) is 6.54 Å². The van der Waals surface area contributed by atoms with E-state index in [1.54, 1.807) is 0 Å². The van der Waals surface area contributed by atoms with Crippen molar-refractivity contribution in [3.63, 3.8) is 0 Å². The summed E-state index contributed by atoms with van der Waals surface area (Å²) >= 11 is 0. The molecule has 0 saturated carbocycles. The highest BCUT2D eigenvalue weighted by molar-refractivity contribution is 5.86. The first-order chi connectivity index (χ1) is 8.88. The third kappa shape index (κ3) is 2.78. The lowest BCUT2D eigenvalue weighted by Crippen LogP contribution is -3.00. The van der Waals surface area contributed by atoms with E-state index >= 15 is 0 Å². The molecule has 19 heavy (non-hydrogen) atoms. The first-order valence-corrected chi connectivity index (χ1v) is 6.36. The molecule has 0 saturated heterocycles. The van der Waals surface area contributed by atoms with Gasteiger partial charge < -0.3 is 24.0 Å². The van der Waals surface area contributed by atoms with Gasteiger partial charge in [-0.05, 0) is 35.9 Å². The molecule has 1 aromatic heterocycles. The van der Waals surface area contributed by atoms with Crippen molar-refractivity contribution < 1.29 is 28.5 Å². The smallest absolute Gasteiger partial charge is 0.212 e. The van der Waals surface area contributed by atoms with Gasteiger partial charge in [0, 0.05) is 17.7 Å². The van der Waals surface area contributed by atoms with Crippen LogP contribution in [-0.4, -0.2) is 0 Å². The van der Waals surface area contributed by atoms with Crippen LogP contribution in [0.3, 0.4) is 0 Å². The number of halogens is 1. The van der Waals surface area contributed by atoms with Gasteiger partial charge in [0.1, 0.15) is 6.54 Å². The Balaban J connectivity index is 0.00000133. The lowest BCUT2D eigenvalue weighted by atomic mass is 10.0. The van der Waals surface area contributed by atoms with Gasteiger partial charge in [0.25, 0.3) is 0 Å². The van der Waals surface area contributed by atoms with Crippen molar-refractivity contribution in [1.82, 2.24) is 0 Å². The molecule has 0 aliphatic heterocycles. The largest absolute Gasteiger partial charge is 1.00 e. The van der Waals surface area contributed by atoms with Crippen LogP contribution >= 0.6 is 0 Å². The van der Waals surface area contributed by atoms with Gasteiger partial charge in [-0.25, -0.2) is 0 Å². The predicted octanol–water partition coefficient (Wildman–Crippen LogP) is 0.818. The van der Waals surface area contributed by atoms with Crippen molar-refractivity contribution in [2.24, 2.45) is 0 Å². The number of fused-ring (bicyclic) bond motifs is 1. The monoisotopic (exact) mass is 361 g/mol.